The highest BCUT2D eigenvalue weighted by Gasteiger charge is 2.34. The fourth-order valence-corrected chi connectivity index (χ4v) is 2.73. The summed E-state index contributed by atoms with van der Waals surface area (Å²) in [6.07, 6.45) is -0.394. The first-order valence-electron chi connectivity index (χ1n) is 7.12. The van der Waals surface area contributed by atoms with E-state index in [9.17, 15) is 4.79 Å². The summed E-state index contributed by atoms with van der Waals surface area (Å²) in [5.74, 6) is 0.486. The third-order valence-electron chi connectivity index (χ3n) is 3.64. The molecule has 1 aliphatic heterocycles. The molecular weight excluding hydrogens is 302 g/mol. The smallest absolute Gasteiger partial charge is 0.268 e. The summed E-state index contributed by atoms with van der Waals surface area (Å²) >= 11 is 6.21. The third-order valence-corrected chi connectivity index (χ3v) is 4.01. The number of rotatable bonds is 4. The van der Waals surface area contributed by atoms with Crippen LogP contribution < -0.4 is 9.64 Å². The minimum atomic E-state index is -0.664. The van der Waals surface area contributed by atoms with E-state index >= 15 is 0 Å². The van der Waals surface area contributed by atoms with Crippen LogP contribution in [0.2, 0.25) is 5.02 Å². The number of ether oxygens (including phenoxy) is 1. The first-order valence-corrected chi connectivity index (χ1v) is 7.50. The maximum Gasteiger partial charge on any atom is 0.268 e. The fraction of sp³-hybridized carbons (Fsp3) is 0.235. The van der Waals surface area contributed by atoms with E-state index in [0.717, 1.165) is 11.3 Å². The predicted octanol–water partition coefficient (Wildman–Crippen LogP) is 3.02. The summed E-state index contributed by atoms with van der Waals surface area (Å²) in [4.78, 5) is 14.3. The van der Waals surface area contributed by atoms with Gasteiger partial charge in [0.15, 0.2) is 6.10 Å². The second-order valence-electron chi connectivity index (χ2n) is 5.10. The molecule has 1 heterocycles. The molecule has 22 heavy (non-hydrogen) atoms. The molecule has 1 atom stereocenters. The molecule has 0 spiro atoms. The minimum absolute atomic E-state index is 0.0987. The van der Waals surface area contributed by atoms with Crippen molar-refractivity contribution >= 4 is 23.2 Å². The standard InChI is InChI=1S/C17H16ClNO3/c18-13-6-2-1-5-12(13)11-19-14-7-3-4-8-15(14)22-16(9-10-20)17(19)21/h1-8,16,20H,9-11H2. The van der Waals surface area contributed by atoms with E-state index in [4.69, 9.17) is 21.4 Å². The molecule has 2 aromatic rings. The van der Waals surface area contributed by atoms with Crippen LogP contribution in [0.15, 0.2) is 48.5 Å². The number of amides is 1. The van der Waals surface area contributed by atoms with Gasteiger partial charge in [-0.3, -0.25) is 4.79 Å². The highest BCUT2D eigenvalue weighted by atomic mass is 35.5. The lowest BCUT2D eigenvalue weighted by atomic mass is 10.1. The van der Waals surface area contributed by atoms with Gasteiger partial charge in [-0.2, -0.15) is 0 Å². The molecule has 1 amide bonds. The summed E-state index contributed by atoms with van der Waals surface area (Å²) in [7, 11) is 0. The summed E-state index contributed by atoms with van der Waals surface area (Å²) in [6.45, 7) is 0.277. The van der Waals surface area contributed by atoms with Crippen molar-refractivity contribution in [2.75, 3.05) is 11.5 Å². The van der Waals surface area contributed by atoms with Gasteiger partial charge in [-0.05, 0) is 23.8 Å². The number of hydrogen-bond acceptors (Lipinski definition) is 3. The van der Waals surface area contributed by atoms with E-state index in [2.05, 4.69) is 0 Å². The average molecular weight is 318 g/mol. The Hall–Kier alpha value is -2.04. The first-order chi connectivity index (χ1) is 10.7. The van der Waals surface area contributed by atoms with Crippen molar-refractivity contribution in [1.82, 2.24) is 0 Å². The zero-order valence-electron chi connectivity index (χ0n) is 11.9. The summed E-state index contributed by atoms with van der Waals surface area (Å²) in [5, 5.41) is 9.76. The zero-order chi connectivity index (χ0) is 15.5. The van der Waals surface area contributed by atoms with Gasteiger partial charge in [0.05, 0.1) is 12.2 Å². The van der Waals surface area contributed by atoms with Crippen molar-refractivity contribution in [2.45, 2.75) is 19.1 Å². The number of halogens is 1. The molecule has 1 unspecified atom stereocenters. The number of carbonyl (C=O) groups excluding carboxylic acids is 1. The molecule has 0 bridgehead atoms. The maximum absolute atomic E-state index is 12.6. The first kappa shape index (κ1) is 14.9. The Morgan fingerprint density at radius 2 is 1.86 bits per heavy atom. The molecule has 3 rings (SSSR count). The Morgan fingerprint density at radius 3 is 2.64 bits per heavy atom. The monoisotopic (exact) mass is 317 g/mol. The molecule has 1 N–H and O–H groups in total. The fourth-order valence-electron chi connectivity index (χ4n) is 2.54. The Morgan fingerprint density at radius 1 is 1.14 bits per heavy atom. The van der Waals surface area contributed by atoms with Crippen molar-refractivity contribution in [2.24, 2.45) is 0 Å². The SMILES string of the molecule is O=C1C(CCO)Oc2ccccc2N1Cc1ccccc1Cl. The number of benzene rings is 2. The lowest BCUT2D eigenvalue weighted by molar-refractivity contribution is -0.127. The van der Waals surface area contributed by atoms with Gasteiger partial charge in [-0.1, -0.05) is 41.9 Å². The Kier molecular flexibility index (Phi) is 4.32. The average Bonchev–Trinajstić information content (AvgIpc) is 2.53. The van der Waals surface area contributed by atoms with E-state index in [1.807, 2.05) is 42.5 Å². The molecule has 5 heteroatoms. The van der Waals surface area contributed by atoms with Crippen LogP contribution in [-0.2, 0) is 11.3 Å². The van der Waals surface area contributed by atoms with Crippen molar-refractivity contribution in [3.05, 3.63) is 59.1 Å². The van der Waals surface area contributed by atoms with Gasteiger partial charge in [-0.15, -0.1) is 0 Å². The van der Waals surface area contributed by atoms with Gasteiger partial charge in [0.25, 0.3) is 5.91 Å². The molecule has 0 aromatic heterocycles. The number of carbonyl (C=O) groups is 1. The van der Waals surface area contributed by atoms with Gasteiger partial charge < -0.3 is 14.7 Å². The topological polar surface area (TPSA) is 49.8 Å². The number of aliphatic hydroxyl groups is 1. The molecule has 0 fully saturated rings. The Bertz CT molecular complexity index is 689. The van der Waals surface area contributed by atoms with Gasteiger partial charge in [0.2, 0.25) is 0 Å². The van der Waals surface area contributed by atoms with Crippen LogP contribution in [0.25, 0.3) is 0 Å². The van der Waals surface area contributed by atoms with Gasteiger partial charge in [-0.25, -0.2) is 0 Å². The molecule has 0 saturated heterocycles. The van der Waals surface area contributed by atoms with E-state index in [1.165, 1.54) is 0 Å². The van der Waals surface area contributed by atoms with E-state index in [-0.39, 0.29) is 18.9 Å². The maximum atomic E-state index is 12.6. The van der Waals surface area contributed by atoms with Crippen LogP contribution in [0.3, 0.4) is 0 Å². The van der Waals surface area contributed by atoms with Crippen molar-refractivity contribution < 1.29 is 14.6 Å². The molecule has 0 aliphatic carbocycles. The summed E-state index contributed by atoms with van der Waals surface area (Å²) < 4.78 is 5.70. The van der Waals surface area contributed by atoms with E-state index < -0.39 is 6.10 Å². The minimum Gasteiger partial charge on any atom is -0.478 e. The van der Waals surface area contributed by atoms with Crippen molar-refractivity contribution in [1.29, 1.82) is 0 Å². The van der Waals surface area contributed by atoms with Gasteiger partial charge >= 0.3 is 0 Å². The summed E-state index contributed by atoms with van der Waals surface area (Å²) in [6, 6.07) is 14.8. The number of anilines is 1. The molecule has 2 aromatic carbocycles. The Labute approximate surface area is 133 Å². The molecule has 4 nitrogen and oxygen atoms in total. The number of nitrogens with zero attached hydrogens (tertiary/aromatic N) is 1. The molecule has 114 valence electrons. The summed E-state index contributed by atoms with van der Waals surface area (Å²) in [5.41, 5.74) is 1.60. The lowest BCUT2D eigenvalue weighted by Gasteiger charge is -2.34. The molecular formula is C17H16ClNO3. The Balaban J connectivity index is 1.97. The zero-order valence-corrected chi connectivity index (χ0v) is 12.7. The van der Waals surface area contributed by atoms with Gasteiger partial charge in [0.1, 0.15) is 5.75 Å². The highest BCUT2D eigenvalue weighted by Crippen LogP contribution is 2.36. The molecule has 0 radical (unpaired) electrons. The van der Waals surface area contributed by atoms with Crippen LogP contribution in [0.5, 0.6) is 5.75 Å². The quantitative estimate of drug-likeness (QED) is 0.943. The largest absolute Gasteiger partial charge is 0.478 e. The highest BCUT2D eigenvalue weighted by molar-refractivity contribution is 6.31. The van der Waals surface area contributed by atoms with Crippen LogP contribution in [0.1, 0.15) is 12.0 Å². The van der Waals surface area contributed by atoms with E-state index in [1.54, 1.807) is 11.0 Å². The van der Waals surface area contributed by atoms with Crippen LogP contribution >= 0.6 is 11.6 Å². The van der Waals surface area contributed by atoms with E-state index in [0.29, 0.717) is 17.3 Å². The second-order valence-corrected chi connectivity index (χ2v) is 5.51. The molecule has 1 aliphatic rings. The lowest BCUT2D eigenvalue weighted by Crippen LogP contribution is -2.45. The number of para-hydroxylation sites is 2. The third kappa shape index (κ3) is 2.80. The van der Waals surface area contributed by atoms with Crippen LogP contribution in [0.4, 0.5) is 5.69 Å². The predicted molar refractivity (Wildman–Crippen MR) is 85.2 cm³/mol. The van der Waals surface area contributed by atoms with Crippen molar-refractivity contribution in [3.8, 4) is 5.75 Å². The number of aliphatic hydroxyl groups excluding tert-OH is 1. The second kappa shape index (κ2) is 6.38. The van der Waals surface area contributed by atoms with Crippen molar-refractivity contribution in [3.63, 3.8) is 0 Å². The molecule has 0 saturated carbocycles. The van der Waals surface area contributed by atoms with Crippen LogP contribution in [0, 0.1) is 0 Å². The van der Waals surface area contributed by atoms with Gasteiger partial charge in [0, 0.05) is 18.1 Å². The number of hydrogen-bond donors (Lipinski definition) is 1. The van der Waals surface area contributed by atoms with Crippen LogP contribution in [-0.4, -0.2) is 23.7 Å². The normalized spacial score (nSPS) is 17.1. The number of fused-ring (bicyclic) bond motifs is 1.